The zero-order chi connectivity index (χ0) is 23.1. The molecule has 1 aliphatic heterocycles. The SMILES string of the molecule is [2H]C1CC(n2c(Nc3c(F)cc(F)cc3F)nc3cnc(NC4CCC(O)CC4)nc32)CO1. The molecule has 2 unspecified atom stereocenters. The van der Waals surface area contributed by atoms with Gasteiger partial charge in [0, 0.05) is 24.8 Å². The van der Waals surface area contributed by atoms with Crippen molar-refractivity contribution in [1.82, 2.24) is 19.5 Å². The second-order valence-electron chi connectivity index (χ2n) is 8.12. The molecule has 3 heterocycles. The van der Waals surface area contributed by atoms with Crippen molar-refractivity contribution in [2.45, 2.75) is 50.3 Å². The highest BCUT2D eigenvalue weighted by Gasteiger charge is 2.27. The zero-order valence-corrected chi connectivity index (χ0v) is 17.1. The molecule has 2 atom stereocenters. The summed E-state index contributed by atoms with van der Waals surface area (Å²) < 4.78 is 56.8. The molecule has 3 aromatic rings. The molecule has 1 saturated heterocycles. The molecule has 2 fully saturated rings. The number of anilines is 3. The van der Waals surface area contributed by atoms with Crippen molar-refractivity contribution in [2.24, 2.45) is 0 Å². The van der Waals surface area contributed by atoms with Crippen LogP contribution in [0.3, 0.4) is 0 Å². The van der Waals surface area contributed by atoms with Gasteiger partial charge in [0.05, 0.1) is 26.3 Å². The number of ether oxygens (including phenoxy) is 1. The van der Waals surface area contributed by atoms with Gasteiger partial charge in [0.25, 0.3) is 0 Å². The average Bonchev–Trinajstić information content (AvgIpc) is 3.34. The Hall–Kier alpha value is -2.92. The highest BCUT2D eigenvalue weighted by Crippen LogP contribution is 2.32. The van der Waals surface area contributed by atoms with Gasteiger partial charge in [-0.2, -0.15) is 4.98 Å². The predicted molar refractivity (Wildman–Crippen MR) is 111 cm³/mol. The van der Waals surface area contributed by atoms with Crippen molar-refractivity contribution in [3.8, 4) is 0 Å². The molecule has 8 nitrogen and oxygen atoms in total. The molecular weight excluding hydrogens is 425 g/mol. The van der Waals surface area contributed by atoms with E-state index >= 15 is 0 Å². The van der Waals surface area contributed by atoms with Crippen LogP contribution in [0.25, 0.3) is 11.2 Å². The normalized spacial score (nSPS) is 26.3. The van der Waals surface area contributed by atoms with E-state index in [0.29, 0.717) is 48.5 Å². The van der Waals surface area contributed by atoms with Crippen molar-refractivity contribution in [2.75, 3.05) is 23.8 Å². The fraction of sp³-hybridized carbons (Fsp3) is 0.476. The predicted octanol–water partition coefficient (Wildman–Crippen LogP) is 3.66. The first-order valence-electron chi connectivity index (χ1n) is 11.1. The molecule has 1 saturated carbocycles. The molecule has 32 heavy (non-hydrogen) atoms. The largest absolute Gasteiger partial charge is 0.393 e. The highest BCUT2D eigenvalue weighted by atomic mass is 19.1. The Morgan fingerprint density at radius 2 is 1.84 bits per heavy atom. The molecule has 1 aromatic carbocycles. The Morgan fingerprint density at radius 3 is 2.53 bits per heavy atom. The monoisotopic (exact) mass is 449 g/mol. The van der Waals surface area contributed by atoms with E-state index in [9.17, 15) is 18.3 Å². The number of hydrogen-bond acceptors (Lipinski definition) is 7. The van der Waals surface area contributed by atoms with Gasteiger partial charge < -0.3 is 20.5 Å². The van der Waals surface area contributed by atoms with Crippen LogP contribution < -0.4 is 10.6 Å². The number of nitrogens with one attached hydrogen (secondary N) is 2. The standard InChI is InChI=1S/C21H23F3N6O2/c22-11-7-15(23)18(16(24)8-11)28-21-27-17-9-25-20(26-12-1-3-14(31)4-2-12)29-19(17)30(21)13-5-6-32-10-13/h7-9,12-14,31H,1-6,10H2,(H,27,28)(H,25,26,29)/i6D. The second kappa shape index (κ2) is 8.55. The number of halogens is 3. The lowest BCUT2D eigenvalue weighted by molar-refractivity contribution is 0.126. The van der Waals surface area contributed by atoms with E-state index in [2.05, 4.69) is 25.6 Å². The smallest absolute Gasteiger partial charge is 0.224 e. The first kappa shape index (κ1) is 19.7. The molecule has 2 aromatic heterocycles. The highest BCUT2D eigenvalue weighted by molar-refractivity contribution is 5.76. The third-order valence-electron chi connectivity index (χ3n) is 5.85. The molecule has 3 N–H and O–H groups in total. The maximum Gasteiger partial charge on any atom is 0.224 e. The van der Waals surface area contributed by atoms with Crippen LogP contribution >= 0.6 is 0 Å². The molecular formula is C21H23F3N6O2. The number of rotatable bonds is 5. The summed E-state index contributed by atoms with van der Waals surface area (Å²) in [5.41, 5.74) is 0.260. The molecule has 11 heteroatoms. The van der Waals surface area contributed by atoms with E-state index in [1.54, 1.807) is 4.57 Å². The van der Waals surface area contributed by atoms with E-state index in [-0.39, 0.29) is 30.7 Å². The summed E-state index contributed by atoms with van der Waals surface area (Å²) in [6.45, 7) is -0.539. The van der Waals surface area contributed by atoms with Gasteiger partial charge in [0.1, 0.15) is 17.0 Å². The molecule has 5 rings (SSSR count). The van der Waals surface area contributed by atoms with Crippen LogP contribution in [-0.4, -0.2) is 50.0 Å². The van der Waals surface area contributed by atoms with E-state index < -0.39 is 29.7 Å². The van der Waals surface area contributed by atoms with Crippen LogP contribution in [0.4, 0.5) is 30.8 Å². The number of aliphatic hydroxyl groups excluding tert-OH is 1. The van der Waals surface area contributed by atoms with Gasteiger partial charge in [0.15, 0.2) is 17.3 Å². The van der Waals surface area contributed by atoms with Crippen molar-refractivity contribution in [3.05, 3.63) is 35.8 Å². The van der Waals surface area contributed by atoms with Gasteiger partial charge in [0.2, 0.25) is 11.9 Å². The van der Waals surface area contributed by atoms with Crippen molar-refractivity contribution in [3.63, 3.8) is 0 Å². The van der Waals surface area contributed by atoms with Crippen LogP contribution in [0, 0.1) is 17.5 Å². The molecule has 0 spiro atoms. The minimum Gasteiger partial charge on any atom is -0.393 e. The summed E-state index contributed by atoms with van der Waals surface area (Å²) in [5.74, 6) is -2.76. The van der Waals surface area contributed by atoms with Crippen LogP contribution in [0.2, 0.25) is 0 Å². The van der Waals surface area contributed by atoms with Crippen molar-refractivity contribution < 1.29 is 24.4 Å². The molecule has 0 amide bonds. The second-order valence-corrected chi connectivity index (χ2v) is 8.12. The van der Waals surface area contributed by atoms with Crippen LogP contribution in [0.1, 0.15) is 39.5 Å². The summed E-state index contributed by atoms with van der Waals surface area (Å²) in [5, 5.41) is 15.6. The summed E-state index contributed by atoms with van der Waals surface area (Å²) in [6.07, 6.45) is 4.53. The number of nitrogens with zero attached hydrogens (tertiary/aromatic N) is 4. The van der Waals surface area contributed by atoms with Gasteiger partial charge in [-0.3, -0.25) is 4.57 Å². The lowest BCUT2D eigenvalue weighted by atomic mass is 9.93. The van der Waals surface area contributed by atoms with Crippen LogP contribution in [-0.2, 0) is 4.74 Å². The van der Waals surface area contributed by atoms with E-state index in [1.807, 2.05) is 0 Å². The molecule has 0 radical (unpaired) electrons. The van der Waals surface area contributed by atoms with Crippen molar-refractivity contribution in [1.29, 1.82) is 0 Å². The number of imidazole rings is 1. The number of fused-ring (bicyclic) bond motifs is 1. The quantitative estimate of drug-likeness (QED) is 0.547. The maximum absolute atomic E-state index is 14.3. The zero-order valence-electron chi connectivity index (χ0n) is 18.1. The summed E-state index contributed by atoms with van der Waals surface area (Å²) >= 11 is 0. The average molecular weight is 449 g/mol. The summed E-state index contributed by atoms with van der Waals surface area (Å²) in [7, 11) is 0. The van der Waals surface area contributed by atoms with E-state index in [1.165, 1.54) is 6.20 Å². The Labute approximate surface area is 183 Å². The fourth-order valence-electron chi connectivity index (χ4n) is 4.18. The van der Waals surface area contributed by atoms with E-state index in [4.69, 9.17) is 6.11 Å². The topological polar surface area (TPSA) is 97.1 Å². The number of aromatic nitrogens is 4. The Balaban J connectivity index is 1.52. The molecule has 1 aliphatic carbocycles. The fourth-order valence-corrected chi connectivity index (χ4v) is 4.18. The Bertz CT molecular complexity index is 1150. The van der Waals surface area contributed by atoms with Crippen LogP contribution in [0.5, 0.6) is 0 Å². The van der Waals surface area contributed by atoms with Crippen molar-refractivity contribution >= 4 is 28.7 Å². The van der Waals surface area contributed by atoms with Gasteiger partial charge >= 0.3 is 0 Å². The summed E-state index contributed by atoms with van der Waals surface area (Å²) in [6, 6.07) is 0.938. The maximum atomic E-state index is 14.3. The first-order valence-corrected chi connectivity index (χ1v) is 10.5. The Kier molecular flexibility index (Phi) is 5.27. The van der Waals surface area contributed by atoms with Gasteiger partial charge in [-0.05, 0) is 32.1 Å². The molecule has 170 valence electrons. The molecule has 0 bridgehead atoms. The van der Waals surface area contributed by atoms with Gasteiger partial charge in [-0.25, -0.2) is 23.1 Å². The minimum atomic E-state index is -1.10. The minimum absolute atomic E-state index is 0.0874. The third kappa shape index (κ3) is 4.09. The Morgan fingerprint density at radius 1 is 1.09 bits per heavy atom. The van der Waals surface area contributed by atoms with E-state index in [0.717, 1.165) is 12.8 Å². The summed E-state index contributed by atoms with van der Waals surface area (Å²) in [4.78, 5) is 13.3. The van der Waals surface area contributed by atoms with Gasteiger partial charge in [-0.15, -0.1) is 0 Å². The lowest BCUT2D eigenvalue weighted by Crippen LogP contribution is -2.29. The number of hydrogen-bond donors (Lipinski definition) is 3. The number of benzene rings is 1. The first-order chi connectivity index (χ1) is 15.9. The lowest BCUT2D eigenvalue weighted by Gasteiger charge is -2.26. The third-order valence-corrected chi connectivity index (χ3v) is 5.85. The van der Waals surface area contributed by atoms with Gasteiger partial charge in [-0.1, -0.05) is 0 Å². The molecule has 2 aliphatic rings. The van der Waals surface area contributed by atoms with Crippen LogP contribution in [0.15, 0.2) is 18.3 Å². The number of aliphatic hydroxyl groups is 1.